The van der Waals surface area contributed by atoms with Crippen LogP contribution >= 0.6 is 0 Å². The average molecular weight is 313 g/mol. The molecule has 0 atom stereocenters. The van der Waals surface area contributed by atoms with Crippen LogP contribution in [0.3, 0.4) is 0 Å². The van der Waals surface area contributed by atoms with Crippen LogP contribution in [0, 0.1) is 0 Å². The summed E-state index contributed by atoms with van der Waals surface area (Å²) in [4.78, 5) is 22.3. The van der Waals surface area contributed by atoms with Gasteiger partial charge in [-0.15, -0.1) is 0 Å². The number of benzene rings is 1. The Balaban J connectivity index is 2.22. The van der Waals surface area contributed by atoms with Gasteiger partial charge < -0.3 is 4.74 Å². The predicted molar refractivity (Wildman–Crippen MR) is 91.1 cm³/mol. The predicted octanol–water partition coefficient (Wildman–Crippen LogP) is 3.90. The molecule has 0 spiro atoms. The van der Waals surface area contributed by atoms with E-state index in [0.29, 0.717) is 18.2 Å². The van der Waals surface area contributed by atoms with Crippen molar-refractivity contribution in [3.05, 3.63) is 42.4 Å². The van der Waals surface area contributed by atoms with E-state index in [1.165, 1.54) is 6.92 Å². The number of hydrogen-bond donors (Lipinski definition) is 0. The van der Waals surface area contributed by atoms with Crippen LogP contribution in [0.1, 0.15) is 39.4 Å². The van der Waals surface area contributed by atoms with E-state index >= 15 is 0 Å². The quantitative estimate of drug-likeness (QED) is 0.727. The standard InChI is InChI=1S/C18H23N3O2/c1-4-6-13-23-16-9-7-15(8-10-16)21(14(3)22)18-11-12-19-17(5-2)20-18/h7-12H,4-6,13H2,1-3H3. The Labute approximate surface area is 137 Å². The van der Waals surface area contributed by atoms with Gasteiger partial charge in [-0.25, -0.2) is 9.97 Å². The maximum absolute atomic E-state index is 12.1. The van der Waals surface area contributed by atoms with Gasteiger partial charge in [0.05, 0.1) is 12.3 Å². The van der Waals surface area contributed by atoms with Gasteiger partial charge in [0.2, 0.25) is 5.91 Å². The highest BCUT2D eigenvalue weighted by atomic mass is 16.5. The second kappa shape index (κ2) is 8.27. The number of anilines is 2. The second-order valence-corrected chi connectivity index (χ2v) is 5.23. The molecule has 0 unspecified atom stereocenters. The van der Waals surface area contributed by atoms with Crippen LogP contribution in [-0.2, 0) is 11.2 Å². The summed E-state index contributed by atoms with van der Waals surface area (Å²) in [6, 6.07) is 9.24. The smallest absolute Gasteiger partial charge is 0.229 e. The van der Waals surface area contributed by atoms with E-state index in [1.807, 2.05) is 31.2 Å². The monoisotopic (exact) mass is 313 g/mol. The van der Waals surface area contributed by atoms with Gasteiger partial charge >= 0.3 is 0 Å². The fraction of sp³-hybridized carbons (Fsp3) is 0.389. The van der Waals surface area contributed by atoms with Crippen molar-refractivity contribution >= 4 is 17.4 Å². The summed E-state index contributed by atoms with van der Waals surface area (Å²) in [7, 11) is 0. The zero-order valence-electron chi connectivity index (χ0n) is 14.0. The molecule has 23 heavy (non-hydrogen) atoms. The third kappa shape index (κ3) is 4.52. The van der Waals surface area contributed by atoms with Gasteiger partial charge in [-0.05, 0) is 36.8 Å². The number of aromatic nitrogens is 2. The first-order valence-corrected chi connectivity index (χ1v) is 8.01. The van der Waals surface area contributed by atoms with Crippen LogP contribution in [0.15, 0.2) is 36.5 Å². The zero-order chi connectivity index (χ0) is 16.7. The number of carbonyl (C=O) groups is 1. The van der Waals surface area contributed by atoms with E-state index < -0.39 is 0 Å². The molecule has 0 aliphatic carbocycles. The highest BCUT2D eigenvalue weighted by Crippen LogP contribution is 2.26. The van der Waals surface area contributed by atoms with Gasteiger partial charge in [0, 0.05) is 19.5 Å². The van der Waals surface area contributed by atoms with E-state index in [4.69, 9.17) is 4.74 Å². The molecule has 5 heteroatoms. The minimum Gasteiger partial charge on any atom is -0.494 e. The summed E-state index contributed by atoms with van der Waals surface area (Å²) in [5, 5.41) is 0. The molecule has 2 aromatic rings. The molecule has 0 fully saturated rings. The molecule has 5 nitrogen and oxygen atoms in total. The SMILES string of the molecule is CCCCOc1ccc(N(C(C)=O)c2ccnc(CC)n2)cc1. The van der Waals surface area contributed by atoms with Gasteiger partial charge in [0.1, 0.15) is 17.4 Å². The van der Waals surface area contributed by atoms with Gasteiger partial charge in [-0.3, -0.25) is 9.69 Å². The lowest BCUT2D eigenvalue weighted by atomic mass is 10.2. The van der Waals surface area contributed by atoms with Crippen molar-refractivity contribution in [3.8, 4) is 5.75 Å². The fourth-order valence-corrected chi connectivity index (χ4v) is 2.18. The molecule has 1 aromatic carbocycles. The Bertz CT molecular complexity index is 641. The lowest BCUT2D eigenvalue weighted by molar-refractivity contribution is -0.115. The largest absolute Gasteiger partial charge is 0.494 e. The molecule has 0 radical (unpaired) electrons. The Morgan fingerprint density at radius 1 is 1.17 bits per heavy atom. The molecule has 0 N–H and O–H groups in total. The number of unbranched alkanes of at least 4 members (excludes halogenated alkanes) is 1. The summed E-state index contributed by atoms with van der Waals surface area (Å²) >= 11 is 0. The van der Waals surface area contributed by atoms with Crippen molar-refractivity contribution in [2.75, 3.05) is 11.5 Å². The number of nitrogens with zero attached hydrogens (tertiary/aromatic N) is 3. The maximum atomic E-state index is 12.1. The topological polar surface area (TPSA) is 55.3 Å². The molecule has 0 bridgehead atoms. The Morgan fingerprint density at radius 2 is 1.91 bits per heavy atom. The molecule has 1 heterocycles. The van der Waals surface area contributed by atoms with Gasteiger partial charge in [0.25, 0.3) is 0 Å². The maximum Gasteiger partial charge on any atom is 0.229 e. The van der Waals surface area contributed by atoms with E-state index in [1.54, 1.807) is 17.2 Å². The van der Waals surface area contributed by atoms with Crippen LogP contribution in [0.25, 0.3) is 0 Å². The van der Waals surface area contributed by atoms with E-state index in [2.05, 4.69) is 16.9 Å². The first kappa shape index (κ1) is 16.9. The molecule has 1 amide bonds. The Kier molecular flexibility index (Phi) is 6.09. The molecule has 0 saturated heterocycles. The molecular weight excluding hydrogens is 290 g/mol. The summed E-state index contributed by atoms with van der Waals surface area (Å²) < 4.78 is 5.65. The summed E-state index contributed by atoms with van der Waals surface area (Å²) in [5.41, 5.74) is 0.765. The van der Waals surface area contributed by atoms with Crippen LogP contribution in [0.4, 0.5) is 11.5 Å². The van der Waals surface area contributed by atoms with Crippen molar-refractivity contribution in [1.82, 2.24) is 9.97 Å². The van der Waals surface area contributed by atoms with Crippen molar-refractivity contribution in [3.63, 3.8) is 0 Å². The summed E-state index contributed by atoms with van der Waals surface area (Å²) in [6.07, 6.45) is 4.54. The van der Waals surface area contributed by atoms with Crippen molar-refractivity contribution in [2.24, 2.45) is 0 Å². The zero-order valence-corrected chi connectivity index (χ0v) is 14.0. The van der Waals surface area contributed by atoms with E-state index in [9.17, 15) is 4.79 Å². The highest BCUT2D eigenvalue weighted by Gasteiger charge is 2.16. The molecular formula is C18H23N3O2. The van der Waals surface area contributed by atoms with Gasteiger partial charge in [-0.1, -0.05) is 20.3 Å². The normalized spacial score (nSPS) is 10.4. The first-order valence-electron chi connectivity index (χ1n) is 8.01. The number of amides is 1. The number of carbonyl (C=O) groups excluding carboxylic acids is 1. The van der Waals surface area contributed by atoms with Crippen LogP contribution in [0.2, 0.25) is 0 Å². The Hall–Kier alpha value is -2.43. The van der Waals surface area contributed by atoms with Crippen molar-refractivity contribution < 1.29 is 9.53 Å². The third-order valence-corrected chi connectivity index (χ3v) is 3.41. The summed E-state index contributed by atoms with van der Waals surface area (Å²) in [5.74, 6) is 2.02. The summed E-state index contributed by atoms with van der Waals surface area (Å²) in [6.45, 7) is 6.35. The van der Waals surface area contributed by atoms with Crippen LogP contribution in [-0.4, -0.2) is 22.5 Å². The molecule has 0 aliphatic heterocycles. The highest BCUT2D eigenvalue weighted by molar-refractivity contribution is 5.98. The minimum atomic E-state index is -0.0922. The number of aryl methyl sites for hydroxylation is 1. The molecule has 1 aromatic heterocycles. The molecule has 2 rings (SSSR count). The van der Waals surface area contributed by atoms with Gasteiger partial charge in [-0.2, -0.15) is 0 Å². The molecule has 122 valence electrons. The fourth-order valence-electron chi connectivity index (χ4n) is 2.18. The first-order chi connectivity index (χ1) is 11.2. The average Bonchev–Trinajstić information content (AvgIpc) is 2.56. The van der Waals surface area contributed by atoms with Crippen LogP contribution in [0.5, 0.6) is 5.75 Å². The second-order valence-electron chi connectivity index (χ2n) is 5.23. The van der Waals surface area contributed by atoms with Crippen LogP contribution < -0.4 is 9.64 Å². The van der Waals surface area contributed by atoms with E-state index in [0.717, 1.165) is 30.7 Å². The lowest BCUT2D eigenvalue weighted by Gasteiger charge is -2.20. The number of hydrogen-bond acceptors (Lipinski definition) is 4. The molecule has 0 saturated carbocycles. The molecule has 0 aliphatic rings. The van der Waals surface area contributed by atoms with E-state index in [-0.39, 0.29) is 5.91 Å². The van der Waals surface area contributed by atoms with Crippen molar-refractivity contribution in [2.45, 2.75) is 40.0 Å². The number of ether oxygens (including phenoxy) is 1. The lowest BCUT2D eigenvalue weighted by Crippen LogP contribution is -2.24. The third-order valence-electron chi connectivity index (χ3n) is 3.41. The Morgan fingerprint density at radius 3 is 2.52 bits per heavy atom. The minimum absolute atomic E-state index is 0.0922. The number of rotatable bonds is 7. The van der Waals surface area contributed by atoms with Gasteiger partial charge in [0.15, 0.2) is 0 Å². The van der Waals surface area contributed by atoms with Crippen molar-refractivity contribution in [1.29, 1.82) is 0 Å².